The van der Waals surface area contributed by atoms with Crippen molar-refractivity contribution in [3.8, 4) is 5.88 Å². The molecular formula is C13H18N4O2. The zero-order valence-corrected chi connectivity index (χ0v) is 11.4. The van der Waals surface area contributed by atoms with E-state index in [4.69, 9.17) is 9.26 Å². The van der Waals surface area contributed by atoms with Crippen molar-refractivity contribution < 1.29 is 9.26 Å². The van der Waals surface area contributed by atoms with E-state index >= 15 is 0 Å². The Morgan fingerprint density at radius 3 is 2.89 bits per heavy atom. The van der Waals surface area contributed by atoms with Crippen molar-refractivity contribution in [3.05, 3.63) is 29.9 Å². The van der Waals surface area contributed by atoms with Crippen LogP contribution in [0.15, 0.2) is 23.0 Å². The van der Waals surface area contributed by atoms with Crippen molar-refractivity contribution in [2.24, 2.45) is 5.92 Å². The minimum Gasteiger partial charge on any atom is -0.476 e. The lowest BCUT2D eigenvalue weighted by molar-refractivity contribution is 0.260. The van der Waals surface area contributed by atoms with Gasteiger partial charge >= 0.3 is 0 Å². The Bertz CT molecular complexity index is 525. The maximum Gasteiger partial charge on any atom is 0.234 e. The molecule has 2 aromatic heterocycles. The third kappa shape index (κ3) is 4.24. The summed E-state index contributed by atoms with van der Waals surface area (Å²) in [5, 5.41) is 7.02. The van der Waals surface area contributed by atoms with Gasteiger partial charge in [-0.25, -0.2) is 0 Å². The first-order valence-electron chi connectivity index (χ1n) is 6.24. The first-order chi connectivity index (χ1) is 9.13. The van der Waals surface area contributed by atoms with Gasteiger partial charge in [0.1, 0.15) is 17.3 Å². The van der Waals surface area contributed by atoms with Gasteiger partial charge in [0.05, 0.1) is 25.5 Å². The Hall–Kier alpha value is -2.11. The number of aryl methyl sites for hydroxylation is 1. The molecule has 102 valence electrons. The number of rotatable bonds is 6. The molecule has 0 spiro atoms. The Labute approximate surface area is 112 Å². The van der Waals surface area contributed by atoms with Crippen molar-refractivity contribution in [1.82, 2.24) is 15.1 Å². The Morgan fingerprint density at radius 1 is 1.37 bits per heavy atom. The quantitative estimate of drug-likeness (QED) is 0.861. The molecule has 0 unspecified atom stereocenters. The first kappa shape index (κ1) is 13.3. The van der Waals surface area contributed by atoms with E-state index in [2.05, 4.69) is 34.3 Å². The SMILES string of the molecule is Cc1cc(CNc2cncc(OCC(C)C)n2)no1. The molecule has 19 heavy (non-hydrogen) atoms. The van der Waals surface area contributed by atoms with E-state index in [0.29, 0.717) is 30.8 Å². The zero-order chi connectivity index (χ0) is 13.7. The van der Waals surface area contributed by atoms with Crippen LogP contribution in [0.5, 0.6) is 5.88 Å². The fourth-order valence-electron chi connectivity index (χ4n) is 1.44. The molecule has 0 aliphatic heterocycles. The van der Waals surface area contributed by atoms with E-state index in [1.807, 2.05) is 13.0 Å². The Balaban J connectivity index is 1.91. The molecular weight excluding hydrogens is 244 g/mol. The van der Waals surface area contributed by atoms with Crippen molar-refractivity contribution >= 4 is 5.82 Å². The van der Waals surface area contributed by atoms with E-state index in [1.165, 1.54) is 0 Å². The van der Waals surface area contributed by atoms with Gasteiger partial charge in [-0.15, -0.1) is 0 Å². The molecule has 0 saturated heterocycles. The average Bonchev–Trinajstić information content (AvgIpc) is 2.80. The first-order valence-corrected chi connectivity index (χ1v) is 6.24. The van der Waals surface area contributed by atoms with Gasteiger partial charge in [0, 0.05) is 6.07 Å². The Morgan fingerprint density at radius 2 is 2.21 bits per heavy atom. The fraction of sp³-hybridized carbons (Fsp3) is 0.462. The van der Waals surface area contributed by atoms with Crippen LogP contribution in [-0.4, -0.2) is 21.7 Å². The minimum absolute atomic E-state index is 0.455. The molecule has 2 aromatic rings. The molecule has 0 bridgehead atoms. The number of anilines is 1. The van der Waals surface area contributed by atoms with Crippen LogP contribution >= 0.6 is 0 Å². The number of nitrogens with one attached hydrogen (secondary N) is 1. The van der Waals surface area contributed by atoms with E-state index < -0.39 is 0 Å². The van der Waals surface area contributed by atoms with Crippen LogP contribution in [0.25, 0.3) is 0 Å². The number of hydrogen-bond acceptors (Lipinski definition) is 6. The van der Waals surface area contributed by atoms with Crippen LogP contribution < -0.4 is 10.1 Å². The molecule has 0 aromatic carbocycles. The average molecular weight is 262 g/mol. The largest absolute Gasteiger partial charge is 0.476 e. The molecule has 2 rings (SSSR count). The third-order valence-electron chi connectivity index (χ3n) is 2.30. The van der Waals surface area contributed by atoms with Crippen LogP contribution in [-0.2, 0) is 6.54 Å². The van der Waals surface area contributed by atoms with Crippen LogP contribution in [0.3, 0.4) is 0 Å². The predicted octanol–water partition coefficient (Wildman–Crippen LogP) is 2.42. The molecule has 0 aliphatic carbocycles. The summed E-state index contributed by atoms with van der Waals surface area (Å²) in [6.45, 7) is 7.20. The topological polar surface area (TPSA) is 73.1 Å². The highest BCUT2D eigenvalue weighted by Crippen LogP contribution is 2.11. The summed E-state index contributed by atoms with van der Waals surface area (Å²) in [4.78, 5) is 8.40. The van der Waals surface area contributed by atoms with Crippen molar-refractivity contribution in [3.63, 3.8) is 0 Å². The molecule has 0 fully saturated rings. The van der Waals surface area contributed by atoms with Gasteiger partial charge in [0.15, 0.2) is 0 Å². The van der Waals surface area contributed by atoms with Crippen LogP contribution in [0, 0.1) is 12.8 Å². The van der Waals surface area contributed by atoms with Crippen molar-refractivity contribution in [2.45, 2.75) is 27.3 Å². The molecule has 1 N–H and O–H groups in total. The molecule has 0 saturated carbocycles. The monoisotopic (exact) mass is 262 g/mol. The molecule has 0 radical (unpaired) electrons. The van der Waals surface area contributed by atoms with Gasteiger partial charge in [0.2, 0.25) is 5.88 Å². The van der Waals surface area contributed by atoms with E-state index in [1.54, 1.807) is 12.4 Å². The summed E-state index contributed by atoms with van der Waals surface area (Å²) in [5.41, 5.74) is 0.827. The maximum atomic E-state index is 5.52. The highest BCUT2D eigenvalue weighted by Gasteiger charge is 2.03. The van der Waals surface area contributed by atoms with Crippen LogP contribution in [0.2, 0.25) is 0 Å². The summed E-state index contributed by atoms with van der Waals surface area (Å²) in [6.07, 6.45) is 3.25. The standard InChI is InChI=1S/C13H18N4O2/c1-9(2)8-18-13-7-14-6-12(16-13)15-5-11-4-10(3)19-17-11/h4,6-7,9H,5,8H2,1-3H3,(H,15,16). The predicted molar refractivity (Wildman–Crippen MR) is 70.9 cm³/mol. The number of hydrogen-bond donors (Lipinski definition) is 1. The molecule has 2 heterocycles. The highest BCUT2D eigenvalue weighted by molar-refractivity contribution is 5.33. The number of aromatic nitrogens is 3. The summed E-state index contributed by atoms with van der Waals surface area (Å²) < 4.78 is 10.5. The van der Waals surface area contributed by atoms with Crippen LogP contribution in [0.4, 0.5) is 5.82 Å². The van der Waals surface area contributed by atoms with Crippen molar-refractivity contribution in [2.75, 3.05) is 11.9 Å². The Kier molecular flexibility index (Phi) is 4.33. The van der Waals surface area contributed by atoms with E-state index in [9.17, 15) is 0 Å². The molecule has 0 amide bonds. The van der Waals surface area contributed by atoms with Crippen LogP contribution in [0.1, 0.15) is 25.3 Å². The van der Waals surface area contributed by atoms with Gasteiger partial charge in [-0.05, 0) is 12.8 Å². The summed E-state index contributed by atoms with van der Waals surface area (Å²) in [6, 6.07) is 1.87. The molecule has 6 heteroatoms. The van der Waals surface area contributed by atoms with Gasteiger partial charge < -0.3 is 14.6 Å². The minimum atomic E-state index is 0.455. The van der Waals surface area contributed by atoms with Gasteiger partial charge in [0.25, 0.3) is 0 Å². The summed E-state index contributed by atoms with van der Waals surface area (Å²) in [7, 11) is 0. The van der Waals surface area contributed by atoms with Gasteiger partial charge in [-0.2, -0.15) is 4.98 Å². The van der Waals surface area contributed by atoms with E-state index in [0.717, 1.165) is 11.5 Å². The zero-order valence-electron chi connectivity index (χ0n) is 11.4. The molecule has 6 nitrogen and oxygen atoms in total. The highest BCUT2D eigenvalue weighted by atomic mass is 16.5. The van der Waals surface area contributed by atoms with Crippen molar-refractivity contribution in [1.29, 1.82) is 0 Å². The summed E-state index contributed by atoms with van der Waals surface area (Å²) >= 11 is 0. The van der Waals surface area contributed by atoms with Gasteiger partial charge in [-0.1, -0.05) is 19.0 Å². The second kappa shape index (κ2) is 6.17. The molecule has 0 atom stereocenters. The maximum absolute atomic E-state index is 5.52. The number of nitrogens with zero attached hydrogens (tertiary/aromatic N) is 3. The number of ether oxygens (including phenoxy) is 1. The molecule has 0 aliphatic rings. The smallest absolute Gasteiger partial charge is 0.234 e. The van der Waals surface area contributed by atoms with Gasteiger partial charge in [-0.3, -0.25) is 4.98 Å². The second-order valence-electron chi connectivity index (χ2n) is 4.73. The third-order valence-corrected chi connectivity index (χ3v) is 2.30. The normalized spacial score (nSPS) is 10.7. The fourth-order valence-corrected chi connectivity index (χ4v) is 1.44. The lowest BCUT2D eigenvalue weighted by atomic mass is 10.2. The lowest BCUT2D eigenvalue weighted by Crippen LogP contribution is -2.07. The lowest BCUT2D eigenvalue weighted by Gasteiger charge is -2.08. The summed E-state index contributed by atoms with van der Waals surface area (Å²) in [5.74, 6) is 2.42. The van der Waals surface area contributed by atoms with E-state index in [-0.39, 0.29) is 0 Å². The second-order valence-corrected chi connectivity index (χ2v) is 4.73.